The third kappa shape index (κ3) is 3.52. The predicted octanol–water partition coefficient (Wildman–Crippen LogP) is 0.806. The smallest absolute Gasteiger partial charge is 0.335 e. The summed E-state index contributed by atoms with van der Waals surface area (Å²) in [5, 5.41) is 17.6. The Kier molecular flexibility index (Phi) is 4.85. The molecule has 0 amide bonds. The van der Waals surface area contributed by atoms with Crippen LogP contribution in [0.4, 0.5) is 0 Å². The molecule has 0 aliphatic heterocycles. The van der Waals surface area contributed by atoms with Gasteiger partial charge < -0.3 is 10.2 Å². The van der Waals surface area contributed by atoms with Gasteiger partial charge in [-0.2, -0.15) is 0 Å². The van der Waals surface area contributed by atoms with Gasteiger partial charge in [0.2, 0.25) is 10.0 Å². The van der Waals surface area contributed by atoms with Crippen LogP contribution in [0.3, 0.4) is 0 Å². The van der Waals surface area contributed by atoms with E-state index >= 15 is 0 Å². The minimum absolute atomic E-state index is 0.0176. The monoisotopic (exact) mass is 337 g/mol. The van der Waals surface area contributed by atoms with E-state index in [1.165, 1.54) is 25.1 Å². The van der Waals surface area contributed by atoms with Gasteiger partial charge >= 0.3 is 5.97 Å². The maximum Gasteiger partial charge on any atom is 0.335 e. The van der Waals surface area contributed by atoms with Crippen molar-refractivity contribution < 1.29 is 23.4 Å². The van der Waals surface area contributed by atoms with Crippen LogP contribution in [-0.4, -0.2) is 37.2 Å². The molecule has 0 aromatic heterocycles. The topological polar surface area (TPSA) is 104 Å². The number of aliphatic hydroxyl groups excluding tert-OH is 1. The first-order valence-electron chi connectivity index (χ1n) is 4.94. The Morgan fingerprint density at radius 1 is 1.50 bits per heavy atom. The van der Waals surface area contributed by atoms with Gasteiger partial charge in [0.1, 0.15) is 0 Å². The van der Waals surface area contributed by atoms with Gasteiger partial charge in [0, 0.05) is 10.5 Å². The van der Waals surface area contributed by atoms with E-state index in [0.717, 1.165) is 0 Å². The molecule has 0 saturated carbocycles. The molecule has 0 unspecified atom stereocenters. The summed E-state index contributed by atoms with van der Waals surface area (Å²) in [6.45, 7) is 1.18. The fourth-order valence-corrected chi connectivity index (χ4v) is 3.53. The summed E-state index contributed by atoms with van der Waals surface area (Å²) in [7, 11) is -3.79. The highest BCUT2D eigenvalue weighted by molar-refractivity contribution is 9.10. The maximum atomic E-state index is 11.9. The van der Waals surface area contributed by atoms with Gasteiger partial charge in [0.05, 0.1) is 17.1 Å². The van der Waals surface area contributed by atoms with E-state index in [2.05, 4.69) is 20.7 Å². The summed E-state index contributed by atoms with van der Waals surface area (Å²) in [6.07, 6.45) is 0. The Bertz CT molecular complexity index is 557. The third-order valence-electron chi connectivity index (χ3n) is 2.10. The first kappa shape index (κ1) is 15.1. The van der Waals surface area contributed by atoms with Crippen molar-refractivity contribution in [3.05, 3.63) is 28.2 Å². The number of carboxylic acids is 1. The number of aromatic carboxylic acids is 1. The summed E-state index contributed by atoms with van der Waals surface area (Å²) >= 11 is 3.02. The largest absolute Gasteiger partial charge is 0.478 e. The van der Waals surface area contributed by atoms with E-state index in [1.54, 1.807) is 0 Å². The molecule has 1 aromatic rings. The Hall–Kier alpha value is -0.960. The molecule has 0 aliphatic carbocycles. The van der Waals surface area contributed by atoms with Gasteiger partial charge in [-0.25, -0.2) is 17.9 Å². The molecule has 100 valence electrons. The van der Waals surface area contributed by atoms with Crippen LogP contribution in [0.15, 0.2) is 27.6 Å². The standard InChI is InChI=1S/C10H12BrNO5S/c1-6(5-13)12-18(16,17)9-3-2-7(10(14)15)4-8(9)11/h2-4,6,12-13H,5H2,1H3,(H,14,15)/t6-/m0/s1. The average molecular weight is 338 g/mol. The predicted molar refractivity (Wildman–Crippen MR) is 68.0 cm³/mol. The number of sulfonamides is 1. The first-order valence-corrected chi connectivity index (χ1v) is 7.21. The van der Waals surface area contributed by atoms with Crippen LogP contribution in [0.5, 0.6) is 0 Å². The van der Waals surface area contributed by atoms with Crippen molar-refractivity contribution in [3.63, 3.8) is 0 Å². The lowest BCUT2D eigenvalue weighted by Crippen LogP contribution is -2.35. The summed E-state index contributed by atoms with van der Waals surface area (Å²) in [4.78, 5) is 10.6. The zero-order valence-electron chi connectivity index (χ0n) is 9.42. The Labute approximate surface area is 113 Å². The highest BCUT2D eigenvalue weighted by atomic mass is 79.9. The van der Waals surface area contributed by atoms with E-state index in [9.17, 15) is 13.2 Å². The molecule has 8 heteroatoms. The lowest BCUT2D eigenvalue weighted by molar-refractivity contribution is 0.0696. The fraction of sp³-hybridized carbons (Fsp3) is 0.300. The van der Waals surface area contributed by atoms with Gasteiger partial charge in [0.15, 0.2) is 0 Å². The van der Waals surface area contributed by atoms with E-state index in [0.29, 0.717) is 0 Å². The zero-order chi connectivity index (χ0) is 13.9. The molecule has 3 N–H and O–H groups in total. The molecule has 1 rings (SSSR count). The van der Waals surface area contributed by atoms with Crippen LogP contribution in [-0.2, 0) is 10.0 Å². The van der Waals surface area contributed by atoms with Gasteiger partial charge in [-0.15, -0.1) is 0 Å². The number of carbonyl (C=O) groups is 1. The molecule has 1 aromatic carbocycles. The molecular formula is C10H12BrNO5S. The molecular weight excluding hydrogens is 326 g/mol. The van der Waals surface area contributed by atoms with Crippen LogP contribution in [0.2, 0.25) is 0 Å². The van der Waals surface area contributed by atoms with Crippen molar-refractivity contribution >= 4 is 31.9 Å². The first-order chi connectivity index (χ1) is 8.27. The number of aliphatic hydroxyl groups is 1. The summed E-state index contributed by atoms with van der Waals surface area (Å²) in [6, 6.07) is 2.98. The SMILES string of the molecule is C[C@@H](CO)NS(=O)(=O)c1ccc(C(=O)O)cc1Br. The molecule has 0 heterocycles. The molecule has 0 aliphatic rings. The second kappa shape index (κ2) is 5.79. The molecule has 0 saturated heterocycles. The summed E-state index contributed by atoms with van der Waals surface area (Å²) in [5.41, 5.74) is -0.0176. The number of benzene rings is 1. The van der Waals surface area contributed by atoms with E-state index < -0.39 is 22.0 Å². The number of nitrogens with one attached hydrogen (secondary N) is 1. The third-order valence-corrected chi connectivity index (χ3v) is 4.66. The van der Waals surface area contributed by atoms with E-state index in [4.69, 9.17) is 10.2 Å². The van der Waals surface area contributed by atoms with Crippen molar-refractivity contribution in [2.24, 2.45) is 0 Å². The molecule has 0 spiro atoms. The van der Waals surface area contributed by atoms with Crippen molar-refractivity contribution in [2.45, 2.75) is 17.9 Å². The van der Waals surface area contributed by atoms with Crippen LogP contribution >= 0.6 is 15.9 Å². The number of carboxylic acid groups (broad SMARTS) is 1. The van der Waals surface area contributed by atoms with E-state index in [-0.39, 0.29) is 21.5 Å². The quantitative estimate of drug-likeness (QED) is 0.737. The zero-order valence-corrected chi connectivity index (χ0v) is 11.8. The van der Waals surface area contributed by atoms with E-state index in [1.807, 2.05) is 0 Å². The average Bonchev–Trinajstić information content (AvgIpc) is 2.27. The molecule has 1 atom stereocenters. The van der Waals surface area contributed by atoms with Gasteiger partial charge in [-0.1, -0.05) is 0 Å². The highest BCUT2D eigenvalue weighted by Crippen LogP contribution is 2.23. The number of hydrogen-bond acceptors (Lipinski definition) is 4. The van der Waals surface area contributed by atoms with Crippen molar-refractivity contribution in [2.75, 3.05) is 6.61 Å². The minimum atomic E-state index is -3.79. The molecule has 18 heavy (non-hydrogen) atoms. The van der Waals surface area contributed by atoms with Crippen LogP contribution in [0.25, 0.3) is 0 Å². The normalized spacial score (nSPS) is 13.3. The summed E-state index contributed by atoms with van der Waals surface area (Å²) in [5.74, 6) is -1.14. The Balaban J connectivity index is 3.14. The highest BCUT2D eigenvalue weighted by Gasteiger charge is 2.20. The summed E-state index contributed by atoms with van der Waals surface area (Å²) < 4.78 is 26.2. The van der Waals surface area contributed by atoms with Crippen LogP contribution in [0.1, 0.15) is 17.3 Å². The second-order valence-corrected chi connectivity index (χ2v) is 6.19. The van der Waals surface area contributed by atoms with Crippen LogP contribution < -0.4 is 4.72 Å². The second-order valence-electron chi connectivity index (χ2n) is 3.66. The van der Waals surface area contributed by atoms with Crippen molar-refractivity contribution in [1.29, 1.82) is 0 Å². The number of halogens is 1. The maximum absolute atomic E-state index is 11.9. The minimum Gasteiger partial charge on any atom is -0.478 e. The molecule has 0 radical (unpaired) electrons. The van der Waals surface area contributed by atoms with Gasteiger partial charge in [0.25, 0.3) is 0 Å². The molecule has 0 fully saturated rings. The Morgan fingerprint density at radius 2 is 2.11 bits per heavy atom. The van der Waals surface area contributed by atoms with Crippen molar-refractivity contribution in [3.8, 4) is 0 Å². The number of hydrogen-bond donors (Lipinski definition) is 3. The molecule has 6 nitrogen and oxygen atoms in total. The fourth-order valence-electron chi connectivity index (χ4n) is 1.22. The van der Waals surface area contributed by atoms with Crippen molar-refractivity contribution in [1.82, 2.24) is 4.72 Å². The lowest BCUT2D eigenvalue weighted by atomic mass is 10.2. The number of rotatable bonds is 5. The van der Waals surface area contributed by atoms with Gasteiger partial charge in [-0.3, -0.25) is 0 Å². The lowest BCUT2D eigenvalue weighted by Gasteiger charge is -2.12. The Morgan fingerprint density at radius 3 is 2.56 bits per heavy atom. The van der Waals surface area contributed by atoms with Crippen LogP contribution in [0, 0.1) is 0 Å². The van der Waals surface area contributed by atoms with Gasteiger partial charge in [-0.05, 0) is 41.1 Å². The molecule has 0 bridgehead atoms.